The molecule has 0 radical (unpaired) electrons. The molecule has 1 fully saturated rings. The van der Waals surface area contributed by atoms with Gasteiger partial charge in [-0.2, -0.15) is 0 Å². The van der Waals surface area contributed by atoms with Gasteiger partial charge in [-0.1, -0.05) is 12.8 Å². The number of hydrogen-bond acceptors (Lipinski definition) is 3. The average molecular weight is 201 g/mol. The first-order valence-corrected chi connectivity index (χ1v) is 5.80. The van der Waals surface area contributed by atoms with E-state index in [1.165, 1.54) is 19.3 Å². The Hall–Kier alpha value is -0.120. The third kappa shape index (κ3) is 5.58. The molecule has 1 rings (SSSR count). The molecule has 3 nitrogen and oxygen atoms in total. The maximum absolute atomic E-state index is 5.42. The Kier molecular flexibility index (Phi) is 6.15. The lowest BCUT2D eigenvalue weighted by molar-refractivity contribution is -0.132. The van der Waals surface area contributed by atoms with Crippen LogP contribution in [0.1, 0.15) is 33.1 Å². The summed E-state index contributed by atoms with van der Waals surface area (Å²) in [5, 5.41) is 3.38. The zero-order chi connectivity index (χ0) is 10.2. The molecule has 0 aromatic heterocycles. The highest BCUT2D eigenvalue weighted by molar-refractivity contribution is 4.73. The summed E-state index contributed by atoms with van der Waals surface area (Å²) in [4.78, 5) is 0. The molecule has 0 spiro atoms. The third-order valence-electron chi connectivity index (χ3n) is 2.44. The molecule has 0 atom stereocenters. The van der Waals surface area contributed by atoms with E-state index >= 15 is 0 Å². The topological polar surface area (TPSA) is 30.5 Å². The first-order valence-electron chi connectivity index (χ1n) is 5.80. The summed E-state index contributed by atoms with van der Waals surface area (Å²) in [6.07, 6.45) is 4.11. The maximum atomic E-state index is 5.42. The van der Waals surface area contributed by atoms with Gasteiger partial charge in [0.25, 0.3) is 0 Å². The van der Waals surface area contributed by atoms with E-state index in [0.29, 0.717) is 0 Å². The van der Waals surface area contributed by atoms with Crippen LogP contribution < -0.4 is 5.32 Å². The van der Waals surface area contributed by atoms with E-state index in [-0.39, 0.29) is 6.29 Å². The predicted molar refractivity (Wildman–Crippen MR) is 57.3 cm³/mol. The first-order chi connectivity index (χ1) is 6.86. The summed E-state index contributed by atoms with van der Waals surface area (Å²) in [7, 11) is 0. The molecule has 0 aliphatic heterocycles. The van der Waals surface area contributed by atoms with Crippen molar-refractivity contribution in [3.05, 3.63) is 0 Å². The minimum Gasteiger partial charge on any atom is -0.352 e. The van der Waals surface area contributed by atoms with Gasteiger partial charge in [0.05, 0.1) is 0 Å². The summed E-state index contributed by atoms with van der Waals surface area (Å²) in [5.41, 5.74) is 0. The Labute approximate surface area is 87.2 Å². The predicted octanol–water partition coefficient (Wildman–Crippen LogP) is 1.78. The Bertz CT molecular complexity index is 131. The highest BCUT2D eigenvalue weighted by atomic mass is 16.7. The Morgan fingerprint density at radius 3 is 2.36 bits per heavy atom. The summed E-state index contributed by atoms with van der Waals surface area (Å²) in [5.74, 6) is 1.00. The summed E-state index contributed by atoms with van der Waals surface area (Å²) >= 11 is 0. The van der Waals surface area contributed by atoms with Gasteiger partial charge in [0.15, 0.2) is 6.29 Å². The second-order valence-corrected chi connectivity index (χ2v) is 3.78. The molecule has 0 unspecified atom stereocenters. The van der Waals surface area contributed by atoms with Gasteiger partial charge < -0.3 is 14.8 Å². The quantitative estimate of drug-likeness (QED) is 0.455. The molecule has 0 amide bonds. The minimum absolute atomic E-state index is 0.0656. The van der Waals surface area contributed by atoms with Gasteiger partial charge >= 0.3 is 0 Å². The van der Waals surface area contributed by atoms with E-state index in [0.717, 1.165) is 32.2 Å². The molecular formula is C11H23NO2. The van der Waals surface area contributed by atoms with Crippen LogP contribution in [0.5, 0.6) is 0 Å². The van der Waals surface area contributed by atoms with Crippen molar-refractivity contribution in [3.8, 4) is 0 Å². The molecule has 3 heteroatoms. The van der Waals surface area contributed by atoms with Crippen LogP contribution in [0.15, 0.2) is 0 Å². The van der Waals surface area contributed by atoms with Gasteiger partial charge in [0.1, 0.15) is 0 Å². The Balaban J connectivity index is 1.93. The molecule has 0 heterocycles. The van der Waals surface area contributed by atoms with Crippen molar-refractivity contribution in [3.63, 3.8) is 0 Å². The number of rotatable bonds is 9. The fraction of sp³-hybridized carbons (Fsp3) is 1.00. The minimum atomic E-state index is -0.0656. The summed E-state index contributed by atoms with van der Waals surface area (Å²) < 4.78 is 10.8. The first kappa shape index (κ1) is 12.0. The van der Waals surface area contributed by atoms with Crippen LogP contribution >= 0.6 is 0 Å². The lowest BCUT2D eigenvalue weighted by Gasteiger charge is -2.17. The fourth-order valence-corrected chi connectivity index (χ4v) is 1.47. The van der Waals surface area contributed by atoms with E-state index in [2.05, 4.69) is 5.32 Å². The van der Waals surface area contributed by atoms with Gasteiger partial charge in [0, 0.05) is 19.8 Å². The lowest BCUT2D eigenvalue weighted by atomic mass is 10.3. The summed E-state index contributed by atoms with van der Waals surface area (Å²) in [6.45, 7) is 7.34. The van der Waals surface area contributed by atoms with Crippen LogP contribution in [-0.4, -0.2) is 32.6 Å². The fourth-order valence-electron chi connectivity index (χ4n) is 1.47. The van der Waals surface area contributed by atoms with Crippen molar-refractivity contribution in [1.82, 2.24) is 5.32 Å². The lowest BCUT2D eigenvalue weighted by Crippen LogP contribution is -2.32. The van der Waals surface area contributed by atoms with Gasteiger partial charge in [-0.25, -0.2) is 0 Å². The molecule has 0 aromatic rings. The van der Waals surface area contributed by atoms with Crippen LogP contribution in [0, 0.1) is 5.92 Å². The second kappa shape index (κ2) is 7.21. The number of hydrogen-bond donors (Lipinski definition) is 1. The van der Waals surface area contributed by atoms with E-state index < -0.39 is 0 Å². The van der Waals surface area contributed by atoms with Crippen LogP contribution in [0.4, 0.5) is 0 Å². The van der Waals surface area contributed by atoms with Gasteiger partial charge in [-0.3, -0.25) is 0 Å². The second-order valence-electron chi connectivity index (χ2n) is 3.78. The molecule has 1 aliphatic carbocycles. The molecule has 1 N–H and O–H groups in total. The van der Waals surface area contributed by atoms with Crippen LogP contribution in [0.3, 0.4) is 0 Å². The molecule has 0 bridgehead atoms. The highest BCUT2D eigenvalue weighted by Crippen LogP contribution is 2.31. The molecule has 1 saturated carbocycles. The number of ether oxygens (including phenoxy) is 2. The van der Waals surface area contributed by atoms with Crippen molar-refractivity contribution in [2.24, 2.45) is 5.92 Å². The maximum Gasteiger partial charge on any atom is 0.169 e. The van der Waals surface area contributed by atoms with Gasteiger partial charge in [-0.15, -0.1) is 0 Å². The largest absolute Gasteiger partial charge is 0.352 e. The smallest absolute Gasteiger partial charge is 0.169 e. The average Bonchev–Trinajstić information content (AvgIpc) is 2.96. The van der Waals surface area contributed by atoms with E-state index in [4.69, 9.17) is 9.47 Å². The van der Waals surface area contributed by atoms with Gasteiger partial charge in [0.2, 0.25) is 0 Å². The third-order valence-corrected chi connectivity index (χ3v) is 2.44. The molecular weight excluding hydrogens is 178 g/mol. The zero-order valence-electron chi connectivity index (χ0n) is 9.42. The molecule has 14 heavy (non-hydrogen) atoms. The molecule has 0 saturated heterocycles. The van der Waals surface area contributed by atoms with Crippen molar-refractivity contribution >= 4 is 0 Å². The van der Waals surface area contributed by atoms with Crippen LogP contribution in [0.25, 0.3) is 0 Å². The number of nitrogens with one attached hydrogen (secondary N) is 1. The van der Waals surface area contributed by atoms with Crippen molar-refractivity contribution < 1.29 is 9.47 Å². The monoisotopic (exact) mass is 201 g/mol. The van der Waals surface area contributed by atoms with Crippen molar-refractivity contribution in [2.75, 3.05) is 26.3 Å². The normalized spacial score (nSPS) is 16.5. The van der Waals surface area contributed by atoms with Crippen molar-refractivity contribution in [2.45, 2.75) is 39.4 Å². The van der Waals surface area contributed by atoms with E-state index in [1.54, 1.807) is 0 Å². The van der Waals surface area contributed by atoms with E-state index in [9.17, 15) is 0 Å². The Morgan fingerprint density at radius 1 is 1.21 bits per heavy atom. The Morgan fingerprint density at radius 2 is 1.86 bits per heavy atom. The van der Waals surface area contributed by atoms with Crippen molar-refractivity contribution in [1.29, 1.82) is 0 Å². The molecule has 1 aliphatic rings. The van der Waals surface area contributed by atoms with Crippen LogP contribution in [-0.2, 0) is 9.47 Å². The standard InChI is InChI=1S/C11H23NO2/c1-3-13-11(14-4-2)9-12-8-7-10-5-6-10/h10-12H,3-9H2,1-2H3. The van der Waals surface area contributed by atoms with Gasteiger partial charge in [-0.05, 0) is 32.7 Å². The van der Waals surface area contributed by atoms with Crippen LogP contribution in [0.2, 0.25) is 0 Å². The highest BCUT2D eigenvalue weighted by Gasteiger charge is 2.20. The summed E-state index contributed by atoms with van der Waals surface area (Å²) in [6, 6.07) is 0. The SMILES string of the molecule is CCOC(CNCCC1CC1)OCC. The molecule has 0 aromatic carbocycles. The molecule has 84 valence electrons. The van der Waals surface area contributed by atoms with E-state index in [1.807, 2.05) is 13.8 Å². The zero-order valence-corrected chi connectivity index (χ0v) is 9.42.